The van der Waals surface area contributed by atoms with Gasteiger partial charge in [-0.25, -0.2) is 13.9 Å². The highest BCUT2D eigenvalue weighted by Crippen LogP contribution is 2.60. The largest absolute Gasteiger partial charge is 0.481 e. The van der Waals surface area contributed by atoms with Gasteiger partial charge in [0.15, 0.2) is 12.3 Å². The molecule has 0 saturated carbocycles. The monoisotopic (exact) mass is 1150 g/mol. The molecule has 1 saturated heterocycles. The number of aliphatic hydroxyl groups excluding tert-OH is 4. The molecule has 0 spiro atoms. The first-order valence-electron chi connectivity index (χ1n) is 27.6. The van der Waals surface area contributed by atoms with Gasteiger partial charge < -0.3 is 50.2 Å². The van der Waals surface area contributed by atoms with E-state index in [0.29, 0.717) is 25.7 Å². The minimum Gasteiger partial charge on any atom is -0.462 e. The van der Waals surface area contributed by atoms with Crippen LogP contribution in [0.15, 0.2) is 126 Å². The summed E-state index contributed by atoms with van der Waals surface area (Å²) in [7, 11) is -11.0. The smallest absolute Gasteiger partial charge is 0.462 e. The van der Waals surface area contributed by atoms with Gasteiger partial charge >= 0.3 is 33.3 Å². The van der Waals surface area contributed by atoms with Crippen LogP contribution in [0.3, 0.4) is 0 Å². The molecule has 1 aliphatic rings. The predicted octanol–water partition coefficient (Wildman–Crippen LogP) is 10.1. The quantitative estimate of drug-likeness (QED) is 0.0105. The number of anilines is 1. The summed E-state index contributed by atoms with van der Waals surface area (Å²) in [6.45, 7) is 1.75. The lowest BCUT2D eigenvalue weighted by atomic mass is 10.1. The first-order chi connectivity index (χ1) is 38.0. The van der Waals surface area contributed by atoms with Gasteiger partial charge in [-0.3, -0.25) is 23.2 Å². The molecule has 1 fully saturated rings. The average molecular weight is 1150 g/mol. The molecular weight excluding hydrogens is 1060 g/mol. The lowest BCUT2D eigenvalue weighted by molar-refractivity contribution is -0.161. The Balaban J connectivity index is 1.85. The van der Waals surface area contributed by atoms with E-state index in [1.54, 1.807) is 42.5 Å². The van der Waals surface area contributed by atoms with E-state index in [4.69, 9.17) is 29.0 Å². The summed E-state index contributed by atoms with van der Waals surface area (Å²) < 4.78 is 56.7. The molecule has 20 nitrogen and oxygen atoms in total. The Bertz CT molecular complexity index is 2290. The Kier molecular flexibility index (Phi) is 38.5. The van der Waals surface area contributed by atoms with Crippen LogP contribution in [0.1, 0.15) is 155 Å². The van der Waals surface area contributed by atoms with Gasteiger partial charge in [0.1, 0.15) is 30.7 Å². The van der Waals surface area contributed by atoms with Crippen LogP contribution in [-0.4, -0.2) is 108 Å². The Morgan fingerprint density at radius 3 is 1.96 bits per heavy atom. The topological polar surface area (TPSA) is 306 Å². The van der Waals surface area contributed by atoms with E-state index in [9.17, 15) is 53.7 Å². The second-order valence-electron chi connectivity index (χ2n) is 18.7. The van der Waals surface area contributed by atoms with Crippen molar-refractivity contribution in [3.63, 3.8) is 0 Å². The number of carbonyl (C=O) groups is 2. The zero-order valence-electron chi connectivity index (χ0n) is 46.1. The summed E-state index contributed by atoms with van der Waals surface area (Å²) in [5, 5.41) is 41.1. The van der Waals surface area contributed by atoms with Crippen LogP contribution < -0.4 is 11.4 Å². The summed E-state index contributed by atoms with van der Waals surface area (Å²) >= 11 is 0. The van der Waals surface area contributed by atoms with Crippen molar-refractivity contribution in [2.75, 3.05) is 25.6 Å². The van der Waals surface area contributed by atoms with Crippen LogP contribution in [0.5, 0.6) is 0 Å². The molecule has 1 aromatic heterocycles. The molecule has 2 heterocycles. The average Bonchev–Trinajstić information content (AvgIpc) is 3.68. The maximum Gasteiger partial charge on any atom is 0.481 e. The van der Waals surface area contributed by atoms with Gasteiger partial charge in [-0.1, -0.05) is 168 Å². The molecule has 8 N–H and O–H groups in total. The van der Waals surface area contributed by atoms with Crippen LogP contribution in [0.2, 0.25) is 0 Å². The van der Waals surface area contributed by atoms with Gasteiger partial charge in [0, 0.05) is 19.0 Å². The number of unbranched alkanes of at least 4 members (excludes halogenated alkanes) is 11. The number of nitrogens with two attached hydrogens (primary N) is 1. The zero-order valence-corrected chi connectivity index (χ0v) is 47.9. The molecule has 1 aliphatic heterocycles. The number of phosphoric ester groups is 2. The third-order valence-electron chi connectivity index (χ3n) is 11.8. The molecule has 2 unspecified atom stereocenters. The second-order valence-corrected chi connectivity index (χ2v) is 21.8. The number of carbonyl (C=O) groups excluding carboxylic acids is 2. The fourth-order valence-corrected chi connectivity index (χ4v) is 9.58. The van der Waals surface area contributed by atoms with Crippen LogP contribution in [0, 0.1) is 0 Å². The Labute approximate surface area is 467 Å². The van der Waals surface area contributed by atoms with Crippen molar-refractivity contribution >= 4 is 33.4 Å². The van der Waals surface area contributed by atoms with Crippen LogP contribution in [0.4, 0.5) is 5.82 Å². The maximum atomic E-state index is 12.9. The summed E-state index contributed by atoms with van der Waals surface area (Å²) in [5.74, 6) is -1.52. The molecule has 1 aromatic rings. The van der Waals surface area contributed by atoms with Crippen LogP contribution >= 0.6 is 15.6 Å². The minimum atomic E-state index is -5.49. The fraction of sp³-hybridized carbons (Fsp3) is 0.579. The molecule has 0 bridgehead atoms. The van der Waals surface area contributed by atoms with Crippen LogP contribution in [0.25, 0.3) is 0 Å². The molecule has 22 heteroatoms. The summed E-state index contributed by atoms with van der Waals surface area (Å²) in [6.07, 6.45) is 43.6. The number of hydrogen-bond donors (Lipinski definition) is 7. The number of ether oxygens (including phenoxy) is 3. The number of allylic oxidation sites excluding steroid dienone is 14. The van der Waals surface area contributed by atoms with Gasteiger partial charge in [-0.05, 0) is 83.1 Å². The van der Waals surface area contributed by atoms with E-state index >= 15 is 0 Å². The lowest BCUT2D eigenvalue weighted by Crippen LogP contribution is -2.36. The highest BCUT2D eigenvalue weighted by molar-refractivity contribution is 7.61. The molecule has 0 aromatic carbocycles. The van der Waals surface area contributed by atoms with Crippen molar-refractivity contribution in [1.29, 1.82) is 0 Å². The molecule has 0 aliphatic carbocycles. The van der Waals surface area contributed by atoms with Gasteiger partial charge in [0.05, 0.1) is 25.4 Å². The first kappa shape index (κ1) is 70.4. The number of esters is 2. The Morgan fingerprint density at radius 2 is 1.29 bits per heavy atom. The maximum absolute atomic E-state index is 12.9. The van der Waals surface area contributed by atoms with Crippen molar-refractivity contribution in [3.05, 3.63) is 132 Å². The van der Waals surface area contributed by atoms with Crippen molar-refractivity contribution in [2.45, 2.75) is 192 Å². The molecule has 2 rings (SSSR count). The number of nitrogens with zero attached hydrogens (tertiary/aromatic N) is 2. The van der Waals surface area contributed by atoms with E-state index in [0.717, 1.165) is 75.0 Å². The summed E-state index contributed by atoms with van der Waals surface area (Å²) in [5.41, 5.74) is 4.57. The Hall–Kier alpha value is -4.66. The van der Waals surface area contributed by atoms with Crippen molar-refractivity contribution in [2.24, 2.45) is 0 Å². The molecular formula is C57H89N3O17P2. The van der Waals surface area contributed by atoms with Crippen LogP contribution in [-0.2, 0) is 46.3 Å². The SMILES string of the molecule is CC/C=C\C[C@H](O)/C=C/C=C\C/C=C\C=C\[C@H](O)/C=C\CCCC(=O)O[C@H](COC(=O)CCCCCCCC/C=C\C/C=C\C/C=C\CCCCCC)COP(=O)(O)OP(=O)(O)OC[C@H]1O[C@@H](n2ccc(N)nc2=O)[C@H](O)[C@@H]1O. The van der Waals surface area contributed by atoms with E-state index < -0.39 is 95.9 Å². The minimum absolute atomic E-state index is 0.0625. The number of rotatable bonds is 44. The highest BCUT2D eigenvalue weighted by Gasteiger charge is 2.46. The van der Waals surface area contributed by atoms with Crippen molar-refractivity contribution in [1.82, 2.24) is 9.55 Å². The molecule has 0 amide bonds. The second kappa shape index (κ2) is 43.1. The summed E-state index contributed by atoms with van der Waals surface area (Å²) in [4.78, 5) is 62.1. The number of nitrogen functional groups attached to an aromatic ring is 1. The molecule has 0 radical (unpaired) electrons. The van der Waals surface area contributed by atoms with E-state index in [-0.39, 0.29) is 25.1 Å². The third-order valence-corrected chi connectivity index (χ3v) is 14.4. The van der Waals surface area contributed by atoms with Gasteiger partial charge in [-0.2, -0.15) is 9.29 Å². The fourth-order valence-electron chi connectivity index (χ4n) is 7.47. The normalized spacial score (nSPS) is 20.1. The zero-order chi connectivity index (χ0) is 58.0. The van der Waals surface area contributed by atoms with Crippen molar-refractivity contribution < 1.29 is 76.5 Å². The van der Waals surface area contributed by atoms with Gasteiger partial charge in [0.2, 0.25) is 0 Å². The highest BCUT2D eigenvalue weighted by atomic mass is 31.3. The molecule has 444 valence electrons. The van der Waals surface area contributed by atoms with Gasteiger partial charge in [0.25, 0.3) is 0 Å². The van der Waals surface area contributed by atoms with E-state index in [1.165, 1.54) is 31.7 Å². The van der Waals surface area contributed by atoms with E-state index in [2.05, 4.69) is 52.7 Å². The predicted molar refractivity (Wildman–Crippen MR) is 305 cm³/mol. The molecule has 79 heavy (non-hydrogen) atoms. The number of phosphoric acid groups is 2. The van der Waals surface area contributed by atoms with Gasteiger partial charge in [-0.15, -0.1) is 0 Å². The molecule has 9 atom stereocenters. The number of aromatic nitrogens is 2. The number of aliphatic hydroxyl groups is 4. The standard InChI is InChI=1S/C57H89N3O17P2/c1-3-5-7-8-9-10-11-12-13-14-15-16-17-18-19-20-21-25-28-34-40-52(63)72-44-49(75-53(64)41-35-29-33-39-48(62)38-32-27-24-22-23-26-31-37-47(61)36-30-6-4-2)45-73-78(68,69)77-79(70,71)74-46-50-54(65)55(66)56(76-50)60-43-42-51(58)59-57(60)67/h6,10-11,13-14,16-17,23-24,26-27,30-33,37-39,42-43,47-50,54-56,61-62,65-66H,3-5,7-9,12,15,18-22,25,28-29,34-36,40-41,44-46H2,1-2H3,(H,68,69)(H,70,71)(H2,58,59,67)/b11-10-,14-13-,17-16-,26-23-,27-24-,30-6-,37-31+,38-32+,39-33-/t47-,48-,49+,50+,54+,55+,56+/m0/s1. The third kappa shape index (κ3) is 35.6. The Morgan fingerprint density at radius 1 is 0.696 bits per heavy atom. The lowest BCUT2D eigenvalue weighted by Gasteiger charge is -2.21. The first-order valence-corrected chi connectivity index (χ1v) is 30.6. The summed E-state index contributed by atoms with van der Waals surface area (Å²) in [6, 6.07) is 1.23. The number of hydrogen-bond acceptors (Lipinski definition) is 17. The van der Waals surface area contributed by atoms with Crippen molar-refractivity contribution in [3.8, 4) is 0 Å². The van der Waals surface area contributed by atoms with E-state index in [1.807, 2.05) is 37.3 Å².